The molecule has 1 aromatic carbocycles. The lowest BCUT2D eigenvalue weighted by Gasteiger charge is -2.34. The normalized spacial score (nSPS) is 24.9. The number of hydrogen-bond acceptors (Lipinski definition) is 3. The molecule has 120 valence electrons. The van der Waals surface area contributed by atoms with Gasteiger partial charge in [-0.25, -0.2) is 0 Å². The van der Waals surface area contributed by atoms with Crippen LogP contribution in [0, 0.1) is 11.8 Å². The van der Waals surface area contributed by atoms with E-state index >= 15 is 0 Å². The van der Waals surface area contributed by atoms with Crippen molar-refractivity contribution in [2.45, 2.75) is 19.5 Å². The monoisotopic (exact) mass is 310 g/mol. The van der Waals surface area contributed by atoms with Crippen molar-refractivity contribution < 1.29 is 9.21 Å². The number of hydrogen-bond donors (Lipinski definition) is 0. The zero-order valence-electron chi connectivity index (χ0n) is 13.2. The van der Waals surface area contributed by atoms with Gasteiger partial charge in [0, 0.05) is 44.7 Å². The van der Waals surface area contributed by atoms with Gasteiger partial charge in [-0.05, 0) is 23.5 Å². The quantitative estimate of drug-likeness (QED) is 0.871. The van der Waals surface area contributed by atoms with Gasteiger partial charge < -0.3 is 9.32 Å². The van der Waals surface area contributed by atoms with E-state index in [4.69, 9.17) is 4.42 Å². The highest BCUT2D eigenvalue weighted by molar-refractivity contribution is 5.77. The number of carbonyl (C=O) groups is 1. The van der Waals surface area contributed by atoms with Crippen molar-refractivity contribution >= 4 is 5.91 Å². The molecule has 0 unspecified atom stereocenters. The molecule has 23 heavy (non-hydrogen) atoms. The van der Waals surface area contributed by atoms with Crippen molar-refractivity contribution in [1.29, 1.82) is 0 Å². The highest BCUT2D eigenvalue weighted by Crippen LogP contribution is 2.33. The summed E-state index contributed by atoms with van der Waals surface area (Å²) >= 11 is 0. The summed E-state index contributed by atoms with van der Waals surface area (Å²) in [5.74, 6) is 1.42. The van der Waals surface area contributed by atoms with Crippen LogP contribution in [0.5, 0.6) is 0 Å². The molecule has 3 heterocycles. The van der Waals surface area contributed by atoms with Crippen LogP contribution in [0.15, 0.2) is 53.3 Å². The Labute approximate surface area is 136 Å². The van der Waals surface area contributed by atoms with Gasteiger partial charge in [-0.3, -0.25) is 9.69 Å². The van der Waals surface area contributed by atoms with Crippen molar-refractivity contribution in [3.05, 3.63) is 60.1 Å². The highest BCUT2D eigenvalue weighted by Gasteiger charge is 2.40. The van der Waals surface area contributed by atoms with Gasteiger partial charge >= 0.3 is 0 Å². The van der Waals surface area contributed by atoms with Gasteiger partial charge in [0.1, 0.15) is 0 Å². The summed E-state index contributed by atoms with van der Waals surface area (Å²) in [6, 6.07) is 12.3. The third-order valence-electron chi connectivity index (χ3n) is 5.10. The average molecular weight is 310 g/mol. The molecule has 2 aliphatic rings. The molecule has 1 aromatic heterocycles. The Morgan fingerprint density at radius 1 is 0.957 bits per heavy atom. The lowest BCUT2D eigenvalue weighted by atomic mass is 9.88. The predicted molar refractivity (Wildman–Crippen MR) is 87.4 cm³/mol. The van der Waals surface area contributed by atoms with Crippen molar-refractivity contribution in [3.8, 4) is 0 Å². The second kappa shape index (κ2) is 6.20. The van der Waals surface area contributed by atoms with Crippen LogP contribution in [0.3, 0.4) is 0 Å². The highest BCUT2D eigenvalue weighted by atomic mass is 16.3. The maximum absolute atomic E-state index is 12.5. The summed E-state index contributed by atoms with van der Waals surface area (Å²) in [5, 5.41) is 0. The zero-order chi connectivity index (χ0) is 15.6. The first kappa shape index (κ1) is 14.5. The van der Waals surface area contributed by atoms with Crippen LogP contribution in [-0.2, 0) is 17.9 Å². The van der Waals surface area contributed by atoms with Crippen LogP contribution in [-0.4, -0.2) is 35.3 Å². The molecule has 2 aliphatic heterocycles. The Bertz CT molecular complexity index is 653. The smallest absolute Gasteiger partial charge is 0.223 e. The van der Waals surface area contributed by atoms with E-state index in [-0.39, 0.29) is 0 Å². The number of piperidine rings is 1. The fourth-order valence-electron chi connectivity index (χ4n) is 3.94. The van der Waals surface area contributed by atoms with Crippen LogP contribution in [0.4, 0.5) is 0 Å². The Morgan fingerprint density at radius 3 is 2.57 bits per heavy atom. The van der Waals surface area contributed by atoms with E-state index in [0.717, 1.165) is 32.7 Å². The summed E-state index contributed by atoms with van der Waals surface area (Å²) in [7, 11) is 0. The minimum absolute atomic E-state index is 0.306. The van der Waals surface area contributed by atoms with Gasteiger partial charge in [0.2, 0.25) is 5.91 Å². The first-order valence-electron chi connectivity index (χ1n) is 8.33. The molecule has 0 aliphatic carbocycles. The van der Waals surface area contributed by atoms with Crippen molar-refractivity contribution in [1.82, 2.24) is 9.80 Å². The number of fused-ring (bicyclic) bond motifs is 1. The van der Waals surface area contributed by atoms with Gasteiger partial charge in [0.15, 0.2) is 0 Å². The standard InChI is InChI=1S/C19H22N2O2/c22-19-8-17-11-20(9-16-6-7-23-14-16)12-18(17)13-21(19)10-15-4-2-1-3-5-15/h1-7,14,17-18H,8-13H2/t17-,18-/m0/s1. The Morgan fingerprint density at radius 2 is 1.78 bits per heavy atom. The summed E-state index contributed by atoms with van der Waals surface area (Å²) in [6.45, 7) is 4.66. The molecule has 4 nitrogen and oxygen atoms in total. The number of carbonyl (C=O) groups excluding carboxylic acids is 1. The largest absolute Gasteiger partial charge is 0.472 e. The summed E-state index contributed by atoms with van der Waals surface area (Å²) in [4.78, 5) is 17.0. The van der Waals surface area contributed by atoms with Crippen LogP contribution < -0.4 is 0 Å². The molecular weight excluding hydrogens is 288 g/mol. The molecule has 4 heteroatoms. The fraction of sp³-hybridized carbons (Fsp3) is 0.421. The van der Waals surface area contributed by atoms with Crippen molar-refractivity contribution in [2.24, 2.45) is 11.8 Å². The van der Waals surface area contributed by atoms with Gasteiger partial charge in [-0.1, -0.05) is 30.3 Å². The molecule has 1 amide bonds. The molecule has 0 spiro atoms. The third-order valence-corrected chi connectivity index (χ3v) is 5.10. The molecule has 2 aromatic rings. The first-order valence-corrected chi connectivity index (χ1v) is 8.33. The van der Waals surface area contributed by atoms with E-state index < -0.39 is 0 Å². The topological polar surface area (TPSA) is 36.7 Å². The Hall–Kier alpha value is -2.07. The minimum atomic E-state index is 0.306. The number of rotatable bonds is 4. The molecule has 2 atom stereocenters. The minimum Gasteiger partial charge on any atom is -0.472 e. The Kier molecular flexibility index (Phi) is 3.92. The predicted octanol–water partition coefficient (Wildman–Crippen LogP) is 2.76. The van der Waals surface area contributed by atoms with Crippen molar-refractivity contribution in [3.63, 3.8) is 0 Å². The lowest BCUT2D eigenvalue weighted by Crippen LogP contribution is -2.43. The second-order valence-corrected chi connectivity index (χ2v) is 6.81. The van der Waals surface area contributed by atoms with E-state index in [1.165, 1.54) is 11.1 Å². The summed E-state index contributed by atoms with van der Waals surface area (Å²) < 4.78 is 5.15. The zero-order valence-corrected chi connectivity index (χ0v) is 13.2. The molecule has 0 bridgehead atoms. The van der Waals surface area contributed by atoms with E-state index in [2.05, 4.69) is 17.0 Å². The van der Waals surface area contributed by atoms with E-state index in [0.29, 0.717) is 24.2 Å². The summed E-state index contributed by atoms with van der Waals surface area (Å²) in [5.41, 5.74) is 2.43. The van der Waals surface area contributed by atoms with Gasteiger partial charge in [0.25, 0.3) is 0 Å². The van der Waals surface area contributed by atoms with Gasteiger partial charge in [0.05, 0.1) is 12.5 Å². The molecule has 0 N–H and O–H groups in total. The molecule has 0 radical (unpaired) electrons. The lowest BCUT2D eigenvalue weighted by molar-refractivity contribution is -0.136. The first-order chi connectivity index (χ1) is 11.3. The van der Waals surface area contributed by atoms with E-state index in [9.17, 15) is 4.79 Å². The van der Waals surface area contributed by atoms with Gasteiger partial charge in [-0.2, -0.15) is 0 Å². The fourth-order valence-corrected chi connectivity index (χ4v) is 3.94. The van der Waals surface area contributed by atoms with Crippen LogP contribution in [0.25, 0.3) is 0 Å². The van der Waals surface area contributed by atoms with Crippen molar-refractivity contribution in [2.75, 3.05) is 19.6 Å². The van der Waals surface area contributed by atoms with Crippen LogP contribution >= 0.6 is 0 Å². The van der Waals surface area contributed by atoms with Gasteiger partial charge in [-0.15, -0.1) is 0 Å². The van der Waals surface area contributed by atoms with Crippen LogP contribution in [0.2, 0.25) is 0 Å². The number of amides is 1. The molecule has 2 saturated heterocycles. The Balaban J connectivity index is 1.39. The number of benzene rings is 1. The number of likely N-dealkylation sites (tertiary alicyclic amines) is 2. The molecular formula is C19H22N2O2. The average Bonchev–Trinajstić information content (AvgIpc) is 3.18. The molecule has 2 fully saturated rings. The SMILES string of the molecule is O=C1C[C@H]2CN(Cc3ccoc3)C[C@H]2CN1Cc1ccccc1. The number of nitrogens with zero attached hydrogens (tertiary/aromatic N) is 2. The summed E-state index contributed by atoms with van der Waals surface area (Å²) in [6.07, 6.45) is 4.23. The van der Waals surface area contributed by atoms with Crippen LogP contribution in [0.1, 0.15) is 17.5 Å². The van der Waals surface area contributed by atoms with E-state index in [1.807, 2.05) is 35.4 Å². The second-order valence-electron chi connectivity index (χ2n) is 6.81. The van der Waals surface area contributed by atoms with E-state index in [1.54, 1.807) is 6.26 Å². The maximum Gasteiger partial charge on any atom is 0.223 e. The maximum atomic E-state index is 12.5. The molecule has 0 saturated carbocycles. The number of furan rings is 1. The molecule has 4 rings (SSSR count). The third kappa shape index (κ3) is 3.17.